The summed E-state index contributed by atoms with van der Waals surface area (Å²) in [7, 11) is 1.35. The zero-order chi connectivity index (χ0) is 37.9. The Hall–Kier alpha value is -4.81. The van der Waals surface area contributed by atoms with Crippen molar-refractivity contribution in [3.05, 3.63) is 90.1 Å². The average Bonchev–Trinajstić information content (AvgIpc) is 3.06. The van der Waals surface area contributed by atoms with E-state index in [9.17, 15) is 34.5 Å². The van der Waals surface area contributed by atoms with Gasteiger partial charge >= 0.3 is 6.09 Å². The first kappa shape index (κ1) is 40.6. The van der Waals surface area contributed by atoms with Gasteiger partial charge in [0.05, 0.1) is 17.8 Å². The first-order chi connectivity index (χ1) is 23.9. The maximum Gasteiger partial charge on any atom is 0.407 e. The molecule has 51 heavy (non-hydrogen) atoms. The molecule has 0 unspecified atom stereocenters. The highest BCUT2D eigenvalue weighted by Gasteiger charge is 2.39. The highest BCUT2D eigenvalue weighted by atomic mass is 16.4. The smallest absolute Gasteiger partial charge is 0.407 e. The predicted molar refractivity (Wildman–Crippen MR) is 196 cm³/mol. The van der Waals surface area contributed by atoms with Crippen LogP contribution in [0.4, 0.5) is 4.79 Å². The second kappa shape index (κ2) is 17.9. The third-order valence-electron chi connectivity index (χ3n) is 8.69. The fraction of sp³-hybridized carbons (Fsp3) is 0.462. The lowest BCUT2D eigenvalue weighted by molar-refractivity contribution is -0.133. The van der Waals surface area contributed by atoms with E-state index < -0.39 is 71.5 Å². The Kier molecular flexibility index (Phi) is 14.3. The van der Waals surface area contributed by atoms with E-state index in [4.69, 9.17) is 0 Å². The lowest BCUT2D eigenvalue weighted by atomic mass is 9.84. The molecule has 3 aromatic rings. The number of aliphatic hydroxyl groups is 2. The average molecular weight is 704 g/mol. The van der Waals surface area contributed by atoms with Gasteiger partial charge in [0.1, 0.15) is 18.7 Å². The zero-order valence-corrected chi connectivity index (χ0v) is 30.6. The molecule has 0 bridgehead atoms. The second-order valence-electron chi connectivity index (χ2n) is 15.1. The van der Waals surface area contributed by atoms with Gasteiger partial charge in [-0.2, -0.15) is 0 Å². The summed E-state index contributed by atoms with van der Waals surface area (Å²) in [5.74, 6) is -1.76. The third-order valence-corrected chi connectivity index (χ3v) is 8.69. The number of nitrogens with one attached hydrogen (secondary N) is 3. The van der Waals surface area contributed by atoms with Gasteiger partial charge in [-0.1, -0.05) is 102 Å². The summed E-state index contributed by atoms with van der Waals surface area (Å²) < 4.78 is 0. The van der Waals surface area contributed by atoms with E-state index in [0.29, 0.717) is 6.42 Å². The molecule has 0 aliphatic carbocycles. The quantitative estimate of drug-likeness (QED) is 0.138. The van der Waals surface area contributed by atoms with E-state index in [1.807, 2.05) is 72.8 Å². The molecule has 5 atom stereocenters. The number of aromatic nitrogens is 1. The molecule has 0 saturated carbocycles. The number of likely N-dealkylation sites (N-methyl/N-ethyl adjacent to an activating group) is 1. The van der Waals surface area contributed by atoms with Crippen molar-refractivity contribution < 1.29 is 34.5 Å². The van der Waals surface area contributed by atoms with Gasteiger partial charge in [-0.15, -0.1) is 0 Å². The Bertz CT molecular complexity index is 1590. The summed E-state index contributed by atoms with van der Waals surface area (Å²) in [4.78, 5) is 57.2. The van der Waals surface area contributed by atoms with Gasteiger partial charge in [-0.3, -0.25) is 24.3 Å². The fourth-order valence-electron chi connectivity index (χ4n) is 6.12. The number of carbonyl (C=O) groups is 4. The van der Waals surface area contributed by atoms with Crippen molar-refractivity contribution in [2.24, 2.45) is 10.8 Å². The first-order valence-electron chi connectivity index (χ1n) is 17.1. The summed E-state index contributed by atoms with van der Waals surface area (Å²) in [6.45, 7) is 9.90. The highest BCUT2D eigenvalue weighted by Crippen LogP contribution is 2.26. The van der Waals surface area contributed by atoms with Crippen LogP contribution in [0.25, 0.3) is 11.3 Å². The number of carboxylic acid groups (broad SMARTS) is 1. The summed E-state index contributed by atoms with van der Waals surface area (Å²) >= 11 is 0. The van der Waals surface area contributed by atoms with Crippen molar-refractivity contribution in [3.8, 4) is 11.3 Å². The van der Waals surface area contributed by atoms with Gasteiger partial charge in [0.2, 0.25) is 17.7 Å². The Morgan fingerprint density at radius 3 is 1.90 bits per heavy atom. The summed E-state index contributed by atoms with van der Waals surface area (Å²) in [6, 6.07) is 19.1. The molecule has 4 amide bonds. The molecule has 0 aliphatic rings. The van der Waals surface area contributed by atoms with Crippen LogP contribution >= 0.6 is 0 Å². The number of hydrogen-bond acceptors (Lipinski definition) is 7. The molecule has 1 heterocycles. The molecule has 6 N–H and O–H groups in total. The van der Waals surface area contributed by atoms with Crippen molar-refractivity contribution in [3.63, 3.8) is 0 Å². The summed E-state index contributed by atoms with van der Waals surface area (Å²) in [6.07, 6.45) is -0.189. The topological polar surface area (TPSA) is 181 Å². The van der Waals surface area contributed by atoms with E-state index in [1.165, 1.54) is 7.05 Å². The minimum Gasteiger partial charge on any atom is -0.465 e. The Morgan fingerprint density at radius 1 is 0.765 bits per heavy atom. The maximum absolute atomic E-state index is 13.9. The van der Waals surface area contributed by atoms with Crippen LogP contribution in [0.15, 0.2) is 79.0 Å². The number of rotatable bonds is 15. The van der Waals surface area contributed by atoms with Gasteiger partial charge in [0, 0.05) is 24.8 Å². The lowest BCUT2D eigenvalue weighted by Crippen LogP contribution is -2.59. The van der Waals surface area contributed by atoms with Crippen LogP contribution in [0.5, 0.6) is 0 Å². The molecule has 12 nitrogen and oxygen atoms in total. The van der Waals surface area contributed by atoms with E-state index in [-0.39, 0.29) is 12.8 Å². The number of nitrogens with zero attached hydrogens (tertiary/aromatic N) is 2. The number of benzene rings is 2. The Labute approximate surface area is 300 Å². The Morgan fingerprint density at radius 2 is 1.37 bits per heavy atom. The van der Waals surface area contributed by atoms with Crippen LogP contribution in [-0.2, 0) is 27.2 Å². The molecule has 2 aromatic carbocycles. The van der Waals surface area contributed by atoms with Crippen LogP contribution in [0, 0.1) is 10.8 Å². The minimum atomic E-state index is -1.25. The zero-order valence-electron chi connectivity index (χ0n) is 30.6. The molecule has 0 fully saturated rings. The number of aliphatic hydroxyl groups excluding tert-OH is 2. The molecular weight excluding hydrogens is 650 g/mol. The monoisotopic (exact) mass is 703 g/mol. The molecule has 12 heteroatoms. The number of amides is 4. The summed E-state index contributed by atoms with van der Waals surface area (Å²) in [5, 5.41) is 39.6. The van der Waals surface area contributed by atoms with Gasteiger partial charge < -0.3 is 31.3 Å². The normalized spacial score (nSPS) is 14.7. The largest absolute Gasteiger partial charge is 0.465 e. The third kappa shape index (κ3) is 12.2. The molecule has 0 saturated heterocycles. The second-order valence-corrected chi connectivity index (χ2v) is 15.1. The standard InChI is InChI=1S/C39H53N5O7/c1-38(2,3)33(43-32(47)24-45)35(48)42-30(22-25-13-9-8-10-14-25)31(46)23-28(41-36(49)34(39(4,5)6)44(7)37(50)51)21-26-16-18-27(19-17-26)29-15-11-12-20-40-29/h8-20,28,30-31,33-34,45-46H,21-24H2,1-7H3,(H,41,49)(H,42,48)(H,43,47)(H,50,51)/t28-,30-,31-,33+,34+/m0/s1. The molecule has 276 valence electrons. The number of hydrogen-bond donors (Lipinski definition) is 6. The number of pyridine rings is 1. The van der Waals surface area contributed by atoms with Gasteiger partial charge in [0.15, 0.2) is 0 Å². The van der Waals surface area contributed by atoms with Crippen LogP contribution in [0.3, 0.4) is 0 Å². The predicted octanol–water partition coefficient (Wildman–Crippen LogP) is 3.80. The van der Waals surface area contributed by atoms with Crippen LogP contribution in [0.2, 0.25) is 0 Å². The van der Waals surface area contributed by atoms with E-state index in [1.54, 1.807) is 47.7 Å². The van der Waals surface area contributed by atoms with Crippen molar-refractivity contribution in [2.75, 3.05) is 13.7 Å². The van der Waals surface area contributed by atoms with Crippen molar-refractivity contribution >= 4 is 23.8 Å². The molecule has 0 spiro atoms. The van der Waals surface area contributed by atoms with Gasteiger partial charge in [-0.25, -0.2) is 4.79 Å². The van der Waals surface area contributed by atoms with E-state index in [0.717, 1.165) is 27.3 Å². The fourth-order valence-corrected chi connectivity index (χ4v) is 6.12. The maximum atomic E-state index is 13.9. The van der Waals surface area contributed by atoms with Gasteiger partial charge in [-0.05, 0) is 53.4 Å². The SMILES string of the molecule is CN(C(=O)O)[C@H](C(=O)N[C@@H](Cc1ccc(-c2ccccn2)cc1)C[C@H](O)[C@H](Cc1ccccc1)NC(=O)[C@@H](NC(=O)CO)C(C)(C)C)C(C)(C)C. The minimum absolute atomic E-state index is 0.00233. The van der Waals surface area contributed by atoms with Crippen LogP contribution in [-0.4, -0.2) is 92.9 Å². The molecule has 0 radical (unpaired) electrons. The highest BCUT2D eigenvalue weighted by molar-refractivity contribution is 5.89. The van der Waals surface area contributed by atoms with Crippen LogP contribution in [0.1, 0.15) is 59.1 Å². The first-order valence-corrected chi connectivity index (χ1v) is 17.1. The molecule has 1 aromatic heterocycles. The summed E-state index contributed by atoms with van der Waals surface area (Å²) in [5.41, 5.74) is 1.92. The number of carbonyl (C=O) groups excluding carboxylic acids is 3. The van der Waals surface area contributed by atoms with Crippen molar-refractivity contribution in [1.29, 1.82) is 0 Å². The van der Waals surface area contributed by atoms with E-state index in [2.05, 4.69) is 20.9 Å². The van der Waals surface area contributed by atoms with Crippen LogP contribution < -0.4 is 16.0 Å². The Balaban J connectivity index is 1.97. The van der Waals surface area contributed by atoms with Crippen molar-refractivity contribution in [1.82, 2.24) is 25.8 Å². The van der Waals surface area contributed by atoms with E-state index >= 15 is 0 Å². The van der Waals surface area contributed by atoms with Gasteiger partial charge in [0.25, 0.3) is 0 Å². The molecule has 0 aliphatic heterocycles. The van der Waals surface area contributed by atoms with Crippen molar-refractivity contribution in [2.45, 2.75) is 91.1 Å². The molecular formula is C39H53N5O7. The molecule has 3 rings (SSSR count). The lowest BCUT2D eigenvalue weighted by Gasteiger charge is -2.37.